The second-order valence-corrected chi connectivity index (χ2v) is 4.11. The Morgan fingerprint density at radius 1 is 1.44 bits per heavy atom. The Hall–Kier alpha value is -0.880. The van der Waals surface area contributed by atoms with Crippen molar-refractivity contribution in [3.05, 3.63) is 10.8 Å². The molecule has 1 aromatic heterocycles. The molecule has 1 aromatic rings. The number of halogens is 1. The van der Waals surface area contributed by atoms with Gasteiger partial charge in [0.2, 0.25) is 0 Å². The summed E-state index contributed by atoms with van der Waals surface area (Å²) in [6.07, 6.45) is 2.53. The van der Waals surface area contributed by atoms with Gasteiger partial charge in [0.25, 0.3) is 0 Å². The first-order valence-corrected chi connectivity index (χ1v) is 6.07. The molecule has 0 atom stereocenters. The fourth-order valence-corrected chi connectivity index (χ4v) is 2.12. The molecule has 1 rings (SSSR count). The number of nitrogens with one attached hydrogen (secondary N) is 1. The minimum absolute atomic E-state index is 0.116. The molecule has 0 aromatic carbocycles. The zero-order valence-electron chi connectivity index (χ0n) is 9.57. The van der Waals surface area contributed by atoms with Crippen LogP contribution in [0.15, 0.2) is 10.8 Å². The highest BCUT2D eigenvalue weighted by atomic mass is 79.9. The van der Waals surface area contributed by atoms with Crippen LogP contribution in [0.5, 0.6) is 0 Å². The largest absolute Gasteiger partial charge is 0.395 e. The topological polar surface area (TPSA) is 61.3 Å². The van der Waals surface area contributed by atoms with Crippen molar-refractivity contribution in [3.63, 3.8) is 0 Å². The smallest absolute Gasteiger partial charge is 0.148 e. The zero-order chi connectivity index (χ0) is 12.0. The molecule has 0 saturated carbocycles. The molecule has 0 aliphatic rings. The van der Waals surface area contributed by atoms with Crippen molar-refractivity contribution < 1.29 is 5.11 Å². The Bertz CT molecular complexity index is 329. The number of rotatable bonds is 6. The number of anilines is 2. The summed E-state index contributed by atoms with van der Waals surface area (Å²) in [6, 6.07) is 0. The van der Waals surface area contributed by atoms with Crippen LogP contribution in [0.2, 0.25) is 0 Å². The van der Waals surface area contributed by atoms with Gasteiger partial charge in [-0.3, -0.25) is 0 Å². The second kappa shape index (κ2) is 6.65. The van der Waals surface area contributed by atoms with Crippen molar-refractivity contribution in [2.24, 2.45) is 0 Å². The minimum Gasteiger partial charge on any atom is -0.395 e. The fraction of sp³-hybridized carbons (Fsp3) is 0.600. The Morgan fingerprint density at radius 3 is 2.75 bits per heavy atom. The molecule has 0 saturated heterocycles. The van der Waals surface area contributed by atoms with Gasteiger partial charge >= 0.3 is 0 Å². The zero-order valence-corrected chi connectivity index (χ0v) is 11.2. The van der Waals surface area contributed by atoms with Gasteiger partial charge in [0, 0.05) is 20.1 Å². The third kappa shape index (κ3) is 3.05. The number of aliphatic hydroxyl groups is 1. The van der Waals surface area contributed by atoms with E-state index in [0.717, 1.165) is 29.1 Å². The van der Waals surface area contributed by atoms with Gasteiger partial charge in [0.05, 0.1) is 6.61 Å². The predicted molar refractivity (Wildman–Crippen MR) is 68.9 cm³/mol. The summed E-state index contributed by atoms with van der Waals surface area (Å²) >= 11 is 3.47. The van der Waals surface area contributed by atoms with Crippen LogP contribution in [0.25, 0.3) is 0 Å². The molecule has 1 heterocycles. The fourth-order valence-electron chi connectivity index (χ4n) is 1.47. The maximum Gasteiger partial charge on any atom is 0.148 e. The lowest BCUT2D eigenvalue weighted by atomic mass is 10.3. The molecule has 0 bridgehead atoms. The Kier molecular flexibility index (Phi) is 5.48. The van der Waals surface area contributed by atoms with Gasteiger partial charge in [-0.25, -0.2) is 9.97 Å². The molecule has 6 heteroatoms. The maximum absolute atomic E-state index is 9.03. The van der Waals surface area contributed by atoms with Crippen LogP contribution < -0.4 is 10.2 Å². The summed E-state index contributed by atoms with van der Waals surface area (Å²) in [6.45, 7) is 3.65. The molecular weight excluding hydrogens is 272 g/mol. The third-order valence-electron chi connectivity index (χ3n) is 2.17. The summed E-state index contributed by atoms with van der Waals surface area (Å²) in [4.78, 5) is 10.4. The van der Waals surface area contributed by atoms with Crippen molar-refractivity contribution in [2.45, 2.75) is 13.3 Å². The predicted octanol–water partition coefficient (Wildman–Crippen LogP) is 1.49. The van der Waals surface area contributed by atoms with Crippen LogP contribution in [0.3, 0.4) is 0 Å². The van der Waals surface area contributed by atoms with Crippen LogP contribution in [-0.2, 0) is 0 Å². The number of hydrogen-bond donors (Lipinski definition) is 2. The van der Waals surface area contributed by atoms with Gasteiger partial charge in [-0.1, -0.05) is 6.92 Å². The van der Waals surface area contributed by atoms with E-state index < -0.39 is 0 Å². The highest BCUT2D eigenvalue weighted by molar-refractivity contribution is 9.10. The monoisotopic (exact) mass is 288 g/mol. The summed E-state index contributed by atoms with van der Waals surface area (Å²) < 4.78 is 0.833. The van der Waals surface area contributed by atoms with E-state index in [1.54, 1.807) is 0 Å². The van der Waals surface area contributed by atoms with Gasteiger partial charge in [0.15, 0.2) is 0 Å². The first kappa shape index (κ1) is 13.2. The molecule has 2 N–H and O–H groups in total. The Morgan fingerprint density at radius 2 is 2.19 bits per heavy atom. The lowest BCUT2D eigenvalue weighted by molar-refractivity contribution is 0.301. The standard InChI is InChI=1S/C10H17BrN4O/c1-3-4-15(5-6-16)10-8(11)9(12-2)13-7-14-10/h7,16H,3-6H2,1-2H3,(H,12,13,14). The van der Waals surface area contributed by atoms with Crippen molar-refractivity contribution in [1.29, 1.82) is 0 Å². The first-order valence-electron chi connectivity index (χ1n) is 5.28. The highest BCUT2D eigenvalue weighted by Gasteiger charge is 2.13. The molecule has 0 unspecified atom stereocenters. The van der Waals surface area contributed by atoms with E-state index in [1.165, 1.54) is 6.33 Å². The van der Waals surface area contributed by atoms with E-state index in [2.05, 4.69) is 38.1 Å². The second-order valence-electron chi connectivity index (χ2n) is 3.32. The molecule has 0 amide bonds. The molecule has 0 spiro atoms. The summed E-state index contributed by atoms with van der Waals surface area (Å²) in [7, 11) is 1.81. The van der Waals surface area contributed by atoms with Crippen molar-refractivity contribution >= 4 is 27.6 Å². The Balaban J connectivity index is 2.98. The number of hydrogen-bond acceptors (Lipinski definition) is 5. The molecule has 16 heavy (non-hydrogen) atoms. The molecule has 0 aliphatic heterocycles. The quantitative estimate of drug-likeness (QED) is 0.831. The van der Waals surface area contributed by atoms with Crippen LogP contribution >= 0.6 is 15.9 Å². The molecule has 0 aliphatic carbocycles. The van der Waals surface area contributed by atoms with E-state index in [0.29, 0.717) is 6.54 Å². The minimum atomic E-state index is 0.116. The summed E-state index contributed by atoms with van der Waals surface area (Å²) in [5.41, 5.74) is 0. The molecule has 0 fully saturated rings. The average Bonchev–Trinajstić information content (AvgIpc) is 2.29. The van der Waals surface area contributed by atoms with Crippen LogP contribution in [0, 0.1) is 0 Å². The average molecular weight is 289 g/mol. The van der Waals surface area contributed by atoms with E-state index >= 15 is 0 Å². The third-order valence-corrected chi connectivity index (χ3v) is 2.90. The number of nitrogens with zero attached hydrogens (tertiary/aromatic N) is 3. The first-order chi connectivity index (χ1) is 7.74. The van der Waals surface area contributed by atoms with E-state index in [4.69, 9.17) is 5.11 Å². The summed E-state index contributed by atoms with van der Waals surface area (Å²) in [5.74, 6) is 1.57. The number of aliphatic hydroxyl groups excluding tert-OH is 1. The normalized spacial score (nSPS) is 10.2. The molecule has 5 nitrogen and oxygen atoms in total. The highest BCUT2D eigenvalue weighted by Crippen LogP contribution is 2.28. The van der Waals surface area contributed by atoms with Crippen LogP contribution in [0.1, 0.15) is 13.3 Å². The van der Waals surface area contributed by atoms with Crippen molar-refractivity contribution in [3.8, 4) is 0 Å². The SMILES string of the molecule is CCCN(CCO)c1ncnc(NC)c1Br. The van der Waals surface area contributed by atoms with Crippen molar-refractivity contribution in [1.82, 2.24) is 9.97 Å². The van der Waals surface area contributed by atoms with Gasteiger partial charge < -0.3 is 15.3 Å². The van der Waals surface area contributed by atoms with E-state index in [9.17, 15) is 0 Å². The van der Waals surface area contributed by atoms with Gasteiger partial charge in [0.1, 0.15) is 22.4 Å². The van der Waals surface area contributed by atoms with Gasteiger partial charge in [-0.15, -0.1) is 0 Å². The number of aromatic nitrogens is 2. The lowest BCUT2D eigenvalue weighted by Gasteiger charge is -2.23. The molecule has 0 radical (unpaired) electrons. The van der Waals surface area contributed by atoms with E-state index in [1.807, 2.05) is 11.9 Å². The van der Waals surface area contributed by atoms with Gasteiger partial charge in [-0.05, 0) is 22.4 Å². The van der Waals surface area contributed by atoms with E-state index in [-0.39, 0.29) is 6.61 Å². The Labute approximate surface area is 104 Å². The lowest BCUT2D eigenvalue weighted by Crippen LogP contribution is -2.28. The van der Waals surface area contributed by atoms with Crippen molar-refractivity contribution in [2.75, 3.05) is 37.0 Å². The maximum atomic E-state index is 9.03. The molecular formula is C10H17BrN4O. The molecule has 90 valence electrons. The summed E-state index contributed by atoms with van der Waals surface area (Å²) in [5, 5.41) is 12.0. The van der Waals surface area contributed by atoms with Gasteiger partial charge in [-0.2, -0.15) is 0 Å². The van der Waals surface area contributed by atoms with Crippen LogP contribution in [-0.4, -0.2) is 41.8 Å². The van der Waals surface area contributed by atoms with Crippen LogP contribution in [0.4, 0.5) is 11.6 Å².